The number of aromatic nitrogens is 2. The number of benzene rings is 2. The molecule has 0 radical (unpaired) electrons. The molecule has 1 aliphatic heterocycles. The van der Waals surface area contributed by atoms with Gasteiger partial charge in [0.25, 0.3) is 11.8 Å². The van der Waals surface area contributed by atoms with E-state index in [1.54, 1.807) is 24.3 Å². The third kappa shape index (κ3) is 2.30. The number of nitrogens with zero attached hydrogens (tertiary/aromatic N) is 2. The lowest BCUT2D eigenvalue weighted by molar-refractivity contribution is 0.0652. The topological polar surface area (TPSA) is 66.1 Å². The number of nitrogens with one attached hydrogen (secondary N) is 1. The summed E-state index contributed by atoms with van der Waals surface area (Å²) in [5.74, 6) is 0.480. The Hall–Kier alpha value is -2.95. The Kier molecular flexibility index (Phi) is 3.19. The van der Waals surface area contributed by atoms with E-state index in [0.29, 0.717) is 30.5 Å². The average Bonchev–Trinajstić information content (AvgIpc) is 3.09. The Labute approximate surface area is 133 Å². The lowest BCUT2D eigenvalue weighted by Crippen LogP contribution is -2.31. The molecule has 0 bridgehead atoms. The molecule has 0 unspecified atom stereocenters. The molecule has 5 nitrogen and oxygen atoms in total. The van der Waals surface area contributed by atoms with E-state index in [1.165, 1.54) is 4.90 Å². The molecule has 0 saturated carbocycles. The summed E-state index contributed by atoms with van der Waals surface area (Å²) in [5.41, 5.74) is 2.94. The first-order valence-corrected chi connectivity index (χ1v) is 7.63. The van der Waals surface area contributed by atoms with Crippen molar-refractivity contribution in [2.45, 2.75) is 12.8 Å². The summed E-state index contributed by atoms with van der Waals surface area (Å²) in [6.07, 6.45) is 1.38. The van der Waals surface area contributed by atoms with Crippen molar-refractivity contribution < 1.29 is 9.59 Å². The van der Waals surface area contributed by atoms with Gasteiger partial charge >= 0.3 is 0 Å². The predicted octanol–water partition coefficient (Wildman–Crippen LogP) is 2.79. The summed E-state index contributed by atoms with van der Waals surface area (Å²) in [4.78, 5) is 33.6. The van der Waals surface area contributed by atoms with Crippen LogP contribution in [0.25, 0.3) is 11.0 Å². The Bertz CT molecular complexity index is 845. The van der Waals surface area contributed by atoms with Gasteiger partial charge in [-0.1, -0.05) is 24.3 Å². The number of amides is 2. The number of aromatic amines is 1. The average molecular weight is 305 g/mol. The van der Waals surface area contributed by atoms with Gasteiger partial charge in [-0.3, -0.25) is 14.5 Å². The van der Waals surface area contributed by atoms with Crippen LogP contribution in [0, 0.1) is 0 Å². The number of aryl methyl sites for hydroxylation is 1. The van der Waals surface area contributed by atoms with Crippen molar-refractivity contribution in [2.24, 2.45) is 0 Å². The number of carbonyl (C=O) groups is 2. The van der Waals surface area contributed by atoms with Crippen molar-refractivity contribution in [1.82, 2.24) is 14.9 Å². The highest BCUT2D eigenvalue weighted by Crippen LogP contribution is 2.22. The van der Waals surface area contributed by atoms with Crippen molar-refractivity contribution >= 4 is 22.8 Å². The van der Waals surface area contributed by atoms with Gasteiger partial charge in [-0.25, -0.2) is 4.98 Å². The van der Waals surface area contributed by atoms with E-state index in [2.05, 4.69) is 9.97 Å². The van der Waals surface area contributed by atoms with Crippen molar-refractivity contribution in [1.29, 1.82) is 0 Å². The van der Waals surface area contributed by atoms with E-state index in [1.807, 2.05) is 24.3 Å². The minimum absolute atomic E-state index is 0.199. The molecule has 4 rings (SSSR count). The van der Waals surface area contributed by atoms with Crippen LogP contribution in [0.15, 0.2) is 48.5 Å². The highest BCUT2D eigenvalue weighted by molar-refractivity contribution is 6.21. The van der Waals surface area contributed by atoms with E-state index in [-0.39, 0.29) is 11.8 Å². The van der Waals surface area contributed by atoms with E-state index >= 15 is 0 Å². The minimum atomic E-state index is -0.199. The molecule has 0 saturated heterocycles. The number of rotatable bonds is 4. The molecule has 1 aromatic heterocycles. The van der Waals surface area contributed by atoms with Crippen molar-refractivity contribution in [2.75, 3.05) is 6.54 Å². The Morgan fingerprint density at radius 1 is 0.913 bits per heavy atom. The fourth-order valence-corrected chi connectivity index (χ4v) is 2.97. The minimum Gasteiger partial charge on any atom is -0.342 e. The fourth-order valence-electron chi connectivity index (χ4n) is 2.97. The van der Waals surface area contributed by atoms with Gasteiger partial charge in [0.2, 0.25) is 0 Å². The number of fused-ring (bicyclic) bond motifs is 2. The fraction of sp³-hybridized carbons (Fsp3) is 0.167. The van der Waals surface area contributed by atoms with Gasteiger partial charge in [0, 0.05) is 13.0 Å². The lowest BCUT2D eigenvalue weighted by Gasteiger charge is -2.12. The smallest absolute Gasteiger partial charge is 0.261 e. The van der Waals surface area contributed by atoms with Crippen LogP contribution in [0.5, 0.6) is 0 Å². The quantitative estimate of drug-likeness (QED) is 0.754. The monoisotopic (exact) mass is 305 g/mol. The summed E-state index contributed by atoms with van der Waals surface area (Å²) in [7, 11) is 0. The number of hydrogen-bond donors (Lipinski definition) is 1. The van der Waals surface area contributed by atoms with Crippen LogP contribution >= 0.6 is 0 Å². The van der Waals surface area contributed by atoms with Gasteiger partial charge in [-0.15, -0.1) is 0 Å². The van der Waals surface area contributed by atoms with Crippen molar-refractivity contribution in [3.05, 3.63) is 65.5 Å². The summed E-state index contributed by atoms with van der Waals surface area (Å²) < 4.78 is 0. The maximum Gasteiger partial charge on any atom is 0.261 e. The molecule has 23 heavy (non-hydrogen) atoms. The lowest BCUT2D eigenvalue weighted by atomic mass is 10.1. The molecule has 114 valence electrons. The van der Waals surface area contributed by atoms with Crippen molar-refractivity contribution in [3.63, 3.8) is 0 Å². The molecule has 0 atom stereocenters. The zero-order chi connectivity index (χ0) is 15.8. The number of H-pyrrole nitrogens is 1. The first-order chi connectivity index (χ1) is 11.2. The van der Waals surface area contributed by atoms with Crippen LogP contribution in [0.4, 0.5) is 0 Å². The molecular weight excluding hydrogens is 290 g/mol. The third-order valence-electron chi connectivity index (χ3n) is 4.11. The molecule has 1 aliphatic rings. The molecule has 5 heteroatoms. The summed E-state index contributed by atoms with van der Waals surface area (Å²) in [6, 6.07) is 14.8. The molecule has 0 fully saturated rings. The molecule has 3 aromatic rings. The number of hydrogen-bond acceptors (Lipinski definition) is 3. The highest BCUT2D eigenvalue weighted by Gasteiger charge is 2.34. The summed E-state index contributed by atoms with van der Waals surface area (Å²) in [6.45, 7) is 0.406. The van der Waals surface area contributed by atoms with Crippen LogP contribution < -0.4 is 0 Å². The van der Waals surface area contributed by atoms with E-state index in [4.69, 9.17) is 0 Å². The molecule has 0 spiro atoms. The highest BCUT2D eigenvalue weighted by atomic mass is 16.2. The van der Waals surface area contributed by atoms with E-state index < -0.39 is 0 Å². The first kappa shape index (κ1) is 13.7. The molecule has 0 aliphatic carbocycles. The zero-order valence-electron chi connectivity index (χ0n) is 12.5. The second-order valence-corrected chi connectivity index (χ2v) is 5.61. The van der Waals surface area contributed by atoms with Gasteiger partial charge in [0.15, 0.2) is 0 Å². The zero-order valence-corrected chi connectivity index (χ0v) is 12.5. The van der Waals surface area contributed by atoms with E-state index in [9.17, 15) is 9.59 Å². The Balaban J connectivity index is 1.44. The second-order valence-electron chi connectivity index (χ2n) is 5.61. The Morgan fingerprint density at radius 2 is 1.57 bits per heavy atom. The Morgan fingerprint density at radius 3 is 2.26 bits per heavy atom. The van der Waals surface area contributed by atoms with Gasteiger partial charge in [0.05, 0.1) is 22.2 Å². The maximum absolute atomic E-state index is 12.3. The van der Waals surface area contributed by atoms with Crippen LogP contribution in [0.2, 0.25) is 0 Å². The largest absolute Gasteiger partial charge is 0.342 e. The van der Waals surface area contributed by atoms with Gasteiger partial charge in [-0.2, -0.15) is 0 Å². The van der Waals surface area contributed by atoms with Crippen LogP contribution in [0.3, 0.4) is 0 Å². The predicted molar refractivity (Wildman–Crippen MR) is 86.2 cm³/mol. The first-order valence-electron chi connectivity index (χ1n) is 7.63. The van der Waals surface area contributed by atoms with Gasteiger partial charge < -0.3 is 4.98 Å². The van der Waals surface area contributed by atoms with E-state index in [0.717, 1.165) is 16.9 Å². The normalized spacial score (nSPS) is 13.8. The second kappa shape index (κ2) is 5.35. The van der Waals surface area contributed by atoms with Gasteiger partial charge in [-0.05, 0) is 30.7 Å². The third-order valence-corrected chi connectivity index (χ3v) is 4.11. The molecule has 2 amide bonds. The molecular formula is C18H15N3O2. The molecule has 2 heterocycles. The van der Waals surface area contributed by atoms with Crippen LogP contribution in [-0.4, -0.2) is 33.2 Å². The summed E-state index contributed by atoms with van der Waals surface area (Å²) in [5, 5.41) is 0. The number of carbonyl (C=O) groups excluding carboxylic acids is 2. The van der Waals surface area contributed by atoms with Crippen LogP contribution in [0.1, 0.15) is 33.0 Å². The molecule has 1 N–H and O–H groups in total. The molecule has 2 aromatic carbocycles. The number of imidazole rings is 1. The number of para-hydroxylation sites is 2. The maximum atomic E-state index is 12.3. The summed E-state index contributed by atoms with van der Waals surface area (Å²) >= 11 is 0. The van der Waals surface area contributed by atoms with Crippen molar-refractivity contribution in [3.8, 4) is 0 Å². The van der Waals surface area contributed by atoms with Crippen LogP contribution in [-0.2, 0) is 6.42 Å². The SMILES string of the molecule is O=C1c2ccccc2C(=O)N1CCCc1nc2ccccc2[nH]1. The van der Waals surface area contributed by atoms with Gasteiger partial charge in [0.1, 0.15) is 5.82 Å². The number of imide groups is 1. The standard InChI is InChI=1S/C18H15N3O2/c22-17-12-6-1-2-7-13(12)18(23)21(17)11-5-10-16-19-14-8-3-4-9-15(14)20-16/h1-4,6-9H,5,10-11H2,(H,19,20).